The molecular weight excluding hydrogens is 432 g/mol. The maximum Gasteiger partial charge on any atom is 0.326 e. The number of carboxylic acids is 2. The molecule has 0 aromatic carbocycles. The topological polar surface area (TPSA) is 174 Å². The lowest BCUT2D eigenvalue weighted by atomic mass is 10.00. The number of carbonyl (C=O) groups is 5. The molecule has 0 radical (unpaired) electrons. The van der Waals surface area contributed by atoms with Crippen LogP contribution in [0.2, 0.25) is 0 Å². The van der Waals surface area contributed by atoms with Gasteiger partial charge in [0, 0.05) is 6.42 Å². The zero-order chi connectivity index (χ0) is 25.1. The number of carbonyl (C=O) groups excluding carboxylic acids is 3. The number of amides is 3. The highest BCUT2D eigenvalue weighted by atomic mass is 16.4. The van der Waals surface area contributed by atoms with Crippen LogP contribution in [0.25, 0.3) is 0 Å². The van der Waals surface area contributed by atoms with Gasteiger partial charge in [0.15, 0.2) is 0 Å². The van der Waals surface area contributed by atoms with Crippen LogP contribution in [0.3, 0.4) is 0 Å². The third-order valence-corrected chi connectivity index (χ3v) is 5.32. The number of hydrogen-bond donors (Lipinski definition) is 6. The summed E-state index contributed by atoms with van der Waals surface area (Å²) in [6, 6.07) is -3.71. The maximum atomic E-state index is 13.0. The van der Waals surface area contributed by atoms with Crippen LogP contribution in [0.1, 0.15) is 66.2 Å². The third-order valence-electron chi connectivity index (χ3n) is 5.32. The molecule has 0 aliphatic carbocycles. The molecule has 0 aromatic heterocycles. The Balaban J connectivity index is 2.94. The van der Waals surface area contributed by atoms with E-state index in [2.05, 4.69) is 21.3 Å². The summed E-state index contributed by atoms with van der Waals surface area (Å²) in [5.41, 5.74) is 0. The van der Waals surface area contributed by atoms with E-state index in [1.54, 1.807) is 0 Å². The highest BCUT2D eigenvalue weighted by Gasteiger charge is 2.32. The normalized spacial score (nSPS) is 18.4. The van der Waals surface area contributed by atoms with E-state index in [9.17, 15) is 29.1 Å². The van der Waals surface area contributed by atoms with E-state index in [1.165, 1.54) is 0 Å². The minimum absolute atomic E-state index is 0.00387. The van der Waals surface area contributed by atoms with Gasteiger partial charge in [-0.05, 0) is 50.5 Å². The van der Waals surface area contributed by atoms with Crippen molar-refractivity contribution in [3.8, 4) is 0 Å². The van der Waals surface area contributed by atoms with Gasteiger partial charge in [-0.1, -0.05) is 27.7 Å². The molecule has 188 valence electrons. The molecule has 6 N–H and O–H groups in total. The summed E-state index contributed by atoms with van der Waals surface area (Å²) >= 11 is 0. The first-order chi connectivity index (χ1) is 15.4. The van der Waals surface area contributed by atoms with Crippen LogP contribution in [-0.4, -0.2) is 70.6 Å². The van der Waals surface area contributed by atoms with Crippen LogP contribution in [0, 0.1) is 11.8 Å². The standard InChI is InChI=1S/C22H38N4O7/c1-12(2)10-16(21(31)26-17(22(32)33)11-13(3)4)25-20(30)15(7-8-18(27)28)24-19(29)14-6-5-9-23-14/h12-17,23H,5-11H2,1-4H3,(H,24,29)(H,25,30)(H,26,31)(H,27,28)(H,32,33). The second-order valence-corrected chi connectivity index (χ2v) is 9.36. The summed E-state index contributed by atoms with van der Waals surface area (Å²) in [6.07, 6.45) is 1.43. The largest absolute Gasteiger partial charge is 0.481 e. The molecule has 0 bridgehead atoms. The van der Waals surface area contributed by atoms with Gasteiger partial charge in [0.25, 0.3) is 0 Å². The number of aliphatic carboxylic acids is 2. The highest BCUT2D eigenvalue weighted by Crippen LogP contribution is 2.11. The Kier molecular flexibility index (Phi) is 11.8. The molecule has 1 saturated heterocycles. The van der Waals surface area contributed by atoms with E-state index in [1.807, 2.05) is 27.7 Å². The smallest absolute Gasteiger partial charge is 0.326 e. The van der Waals surface area contributed by atoms with Crippen molar-refractivity contribution in [2.45, 2.75) is 90.4 Å². The number of nitrogens with one attached hydrogen (secondary N) is 4. The first kappa shape index (κ1) is 28.3. The van der Waals surface area contributed by atoms with Gasteiger partial charge in [-0.2, -0.15) is 0 Å². The van der Waals surface area contributed by atoms with Crippen molar-refractivity contribution in [2.24, 2.45) is 11.8 Å². The Morgan fingerprint density at radius 2 is 1.39 bits per heavy atom. The molecular formula is C22H38N4O7. The van der Waals surface area contributed by atoms with Crippen molar-refractivity contribution < 1.29 is 34.2 Å². The zero-order valence-corrected chi connectivity index (χ0v) is 19.8. The Hall–Kier alpha value is -2.69. The zero-order valence-electron chi connectivity index (χ0n) is 19.8. The second-order valence-electron chi connectivity index (χ2n) is 9.36. The average Bonchev–Trinajstić information content (AvgIpc) is 3.23. The predicted molar refractivity (Wildman–Crippen MR) is 120 cm³/mol. The van der Waals surface area contributed by atoms with Crippen LogP contribution < -0.4 is 21.3 Å². The molecule has 4 unspecified atom stereocenters. The summed E-state index contributed by atoms with van der Waals surface area (Å²) in [4.78, 5) is 60.9. The lowest BCUT2D eigenvalue weighted by Gasteiger charge is -2.26. The van der Waals surface area contributed by atoms with Crippen LogP contribution in [0.15, 0.2) is 0 Å². The Bertz CT molecular complexity index is 705. The Morgan fingerprint density at radius 3 is 1.88 bits per heavy atom. The molecule has 1 aliphatic rings. The molecule has 1 aliphatic heterocycles. The number of carboxylic acid groups (broad SMARTS) is 2. The highest BCUT2D eigenvalue weighted by molar-refractivity contribution is 5.94. The van der Waals surface area contributed by atoms with Crippen LogP contribution in [0.4, 0.5) is 0 Å². The first-order valence-electron chi connectivity index (χ1n) is 11.5. The first-order valence-corrected chi connectivity index (χ1v) is 11.5. The average molecular weight is 471 g/mol. The fraction of sp³-hybridized carbons (Fsp3) is 0.773. The van der Waals surface area contributed by atoms with Crippen molar-refractivity contribution in [3.05, 3.63) is 0 Å². The lowest BCUT2D eigenvalue weighted by molar-refractivity contribution is -0.143. The van der Waals surface area contributed by atoms with E-state index < -0.39 is 53.8 Å². The minimum Gasteiger partial charge on any atom is -0.481 e. The predicted octanol–water partition coefficient (Wildman–Crippen LogP) is 0.234. The van der Waals surface area contributed by atoms with Crippen LogP contribution >= 0.6 is 0 Å². The maximum absolute atomic E-state index is 13.0. The molecule has 1 fully saturated rings. The van der Waals surface area contributed by atoms with Crippen molar-refractivity contribution >= 4 is 29.7 Å². The monoisotopic (exact) mass is 470 g/mol. The van der Waals surface area contributed by atoms with E-state index in [-0.39, 0.29) is 37.5 Å². The lowest BCUT2D eigenvalue weighted by Crippen LogP contribution is -2.57. The van der Waals surface area contributed by atoms with Gasteiger partial charge in [0.05, 0.1) is 6.04 Å². The quantitative estimate of drug-likeness (QED) is 0.209. The van der Waals surface area contributed by atoms with Crippen molar-refractivity contribution in [2.75, 3.05) is 6.54 Å². The van der Waals surface area contributed by atoms with Gasteiger partial charge < -0.3 is 31.5 Å². The fourth-order valence-corrected chi connectivity index (χ4v) is 3.66. The van der Waals surface area contributed by atoms with Crippen molar-refractivity contribution in [1.82, 2.24) is 21.3 Å². The third kappa shape index (κ3) is 10.6. The molecule has 0 spiro atoms. The van der Waals surface area contributed by atoms with Crippen LogP contribution in [0.5, 0.6) is 0 Å². The van der Waals surface area contributed by atoms with Crippen molar-refractivity contribution in [3.63, 3.8) is 0 Å². The molecule has 11 nitrogen and oxygen atoms in total. The van der Waals surface area contributed by atoms with Gasteiger partial charge in [-0.3, -0.25) is 19.2 Å². The minimum atomic E-state index is -1.16. The fourth-order valence-electron chi connectivity index (χ4n) is 3.66. The van der Waals surface area contributed by atoms with E-state index in [4.69, 9.17) is 5.11 Å². The van der Waals surface area contributed by atoms with E-state index in [0.717, 1.165) is 6.42 Å². The molecule has 3 amide bonds. The van der Waals surface area contributed by atoms with Gasteiger partial charge in [-0.15, -0.1) is 0 Å². The molecule has 0 saturated carbocycles. The molecule has 33 heavy (non-hydrogen) atoms. The molecule has 1 rings (SSSR count). The Labute approximate surface area is 194 Å². The molecule has 4 atom stereocenters. The summed E-state index contributed by atoms with van der Waals surface area (Å²) in [7, 11) is 0. The molecule has 1 heterocycles. The van der Waals surface area contributed by atoms with Crippen LogP contribution in [-0.2, 0) is 24.0 Å². The van der Waals surface area contributed by atoms with Gasteiger partial charge in [0.1, 0.15) is 18.1 Å². The summed E-state index contributed by atoms with van der Waals surface area (Å²) in [6.45, 7) is 8.06. The van der Waals surface area contributed by atoms with Gasteiger partial charge in [0.2, 0.25) is 17.7 Å². The van der Waals surface area contributed by atoms with Crippen molar-refractivity contribution in [1.29, 1.82) is 0 Å². The van der Waals surface area contributed by atoms with Gasteiger partial charge >= 0.3 is 11.9 Å². The number of rotatable bonds is 14. The summed E-state index contributed by atoms with van der Waals surface area (Å²) in [5.74, 6) is -3.96. The van der Waals surface area contributed by atoms with E-state index in [0.29, 0.717) is 13.0 Å². The number of hydrogen-bond acceptors (Lipinski definition) is 6. The summed E-state index contributed by atoms with van der Waals surface area (Å²) < 4.78 is 0. The second kappa shape index (κ2) is 13.8. The van der Waals surface area contributed by atoms with Gasteiger partial charge in [-0.25, -0.2) is 4.79 Å². The van der Waals surface area contributed by atoms with E-state index >= 15 is 0 Å². The molecule has 0 aromatic rings. The molecule has 11 heteroatoms. The summed E-state index contributed by atoms with van der Waals surface area (Å²) in [5, 5.41) is 29.1. The Morgan fingerprint density at radius 1 is 0.848 bits per heavy atom. The SMILES string of the molecule is CC(C)CC(NC(=O)C(CC(C)C)NC(=O)C(CCC(=O)O)NC(=O)C1CCCN1)C(=O)O.